The summed E-state index contributed by atoms with van der Waals surface area (Å²) in [4.78, 5) is 23.4. The van der Waals surface area contributed by atoms with Crippen LogP contribution in [-0.2, 0) is 26.9 Å². The third-order valence-electron chi connectivity index (χ3n) is 6.46. The first-order valence-electron chi connectivity index (χ1n) is 12.8. The number of methoxy groups -OCH3 is 1. The van der Waals surface area contributed by atoms with Crippen molar-refractivity contribution >= 4 is 17.6 Å². The Bertz CT molecular complexity index is 1580. The molecule has 9 nitrogen and oxygen atoms in total. The largest absolute Gasteiger partial charge is 0.464 e. The van der Waals surface area contributed by atoms with Gasteiger partial charge in [0.25, 0.3) is 0 Å². The molecule has 1 heterocycles. The van der Waals surface area contributed by atoms with Crippen LogP contribution < -0.4 is 21.9 Å². The Hall–Kier alpha value is -5.10. The van der Waals surface area contributed by atoms with E-state index in [0.717, 1.165) is 29.0 Å². The standard InChI is InChI=1S/C30H29F3N6O3/c1-36-28(40)16-11-23-17-27(21-5-3-19(4-6-21)20-7-9-22(10-8-20)30(31,32)33)39(37-23)25-14-12-24(13-15-25)38(35)18-26(34)29(41)42-2/h3-10,12-15,17-18H,11,16,34-35H2,1-2H3,(H,36,40)/b26-18-. The lowest BCUT2D eigenvalue weighted by molar-refractivity contribution is -0.138. The fourth-order valence-corrected chi connectivity index (χ4v) is 4.17. The number of ether oxygens (including phenoxy) is 1. The summed E-state index contributed by atoms with van der Waals surface area (Å²) >= 11 is 0. The van der Waals surface area contributed by atoms with E-state index in [1.807, 2.05) is 30.3 Å². The van der Waals surface area contributed by atoms with E-state index in [2.05, 4.69) is 10.1 Å². The van der Waals surface area contributed by atoms with Gasteiger partial charge in [0.1, 0.15) is 5.70 Å². The zero-order valence-electron chi connectivity index (χ0n) is 22.9. The number of benzene rings is 3. The first-order chi connectivity index (χ1) is 20.0. The van der Waals surface area contributed by atoms with Crippen molar-refractivity contribution in [3.8, 4) is 28.1 Å². The number of nitrogens with two attached hydrogens (primary N) is 2. The van der Waals surface area contributed by atoms with Crippen molar-refractivity contribution in [2.75, 3.05) is 19.2 Å². The third kappa shape index (κ3) is 6.96. The van der Waals surface area contributed by atoms with Crippen molar-refractivity contribution in [3.05, 3.63) is 102 Å². The molecule has 0 aliphatic carbocycles. The number of hydrogen-bond acceptors (Lipinski definition) is 7. The Balaban J connectivity index is 1.65. The molecular formula is C30H29F3N6O3. The molecule has 0 bridgehead atoms. The molecule has 4 aromatic rings. The highest BCUT2D eigenvalue weighted by Crippen LogP contribution is 2.32. The average Bonchev–Trinajstić information content (AvgIpc) is 3.43. The number of carbonyl (C=O) groups is 2. The smallest absolute Gasteiger partial charge is 0.416 e. The van der Waals surface area contributed by atoms with Gasteiger partial charge in [-0.15, -0.1) is 0 Å². The number of aryl methyl sites for hydroxylation is 1. The summed E-state index contributed by atoms with van der Waals surface area (Å²) in [6, 6.07) is 21.3. The van der Waals surface area contributed by atoms with Gasteiger partial charge in [-0.3, -0.25) is 9.80 Å². The molecule has 0 saturated heterocycles. The minimum Gasteiger partial charge on any atom is -0.464 e. The summed E-state index contributed by atoms with van der Waals surface area (Å²) < 4.78 is 45.2. The van der Waals surface area contributed by atoms with E-state index in [0.29, 0.717) is 29.1 Å². The molecule has 0 atom stereocenters. The normalized spacial score (nSPS) is 11.7. The van der Waals surface area contributed by atoms with E-state index in [-0.39, 0.29) is 18.0 Å². The number of aromatic nitrogens is 2. The lowest BCUT2D eigenvalue weighted by atomic mass is 10.0. The van der Waals surface area contributed by atoms with Gasteiger partial charge in [-0.25, -0.2) is 15.3 Å². The highest BCUT2D eigenvalue weighted by atomic mass is 19.4. The SMILES string of the molecule is CNC(=O)CCc1cc(-c2ccc(-c3ccc(C(F)(F)F)cc3)cc2)n(-c2ccc(N(N)/C=C(\N)C(=O)OC)cc2)n1. The van der Waals surface area contributed by atoms with Crippen molar-refractivity contribution in [2.24, 2.45) is 11.6 Å². The van der Waals surface area contributed by atoms with Gasteiger partial charge in [0, 0.05) is 25.5 Å². The van der Waals surface area contributed by atoms with Gasteiger partial charge < -0.3 is 15.8 Å². The maximum Gasteiger partial charge on any atom is 0.416 e. The molecule has 5 N–H and O–H groups in total. The average molecular weight is 579 g/mol. The predicted molar refractivity (Wildman–Crippen MR) is 153 cm³/mol. The molecule has 12 heteroatoms. The number of esters is 1. The number of halogens is 3. The minimum absolute atomic E-state index is 0.112. The number of hydrazine groups is 1. The van der Waals surface area contributed by atoms with Gasteiger partial charge in [-0.1, -0.05) is 36.4 Å². The maximum atomic E-state index is 13.0. The lowest BCUT2D eigenvalue weighted by Gasteiger charge is -2.15. The molecule has 3 aromatic carbocycles. The molecule has 218 valence electrons. The van der Waals surface area contributed by atoms with E-state index in [1.165, 1.54) is 30.5 Å². The van der Waals surface area contributed by atoms with Crippen LogP contribution in [0.4, 0.5) is 18.9 Å². The number of nitrogens with zero attached hydrogens (tertiary/aromatic N) is 3. The van der Waals surface area contributed by atoms with Gasteiger partial charge >= 0.3 is 12.1 Å². The van der Waals surface area contributed by atoms with Gasteiger partial charge in [-0.2, -0.15) is 18.3 Å². The van der Waals surface area contributed by atoms with Crippen LogP contribution in [0.15, 0.2) is 90.8 Å². The quantitative estimate of drug-likeness (QED) is 0.115. The molecule has 0 aliphatic heterocycles. The number of rotatable bonds is 9. The molecule has 0 radical (unpaired) electrons. The fourth-order valence-electron chi connectivity index (χ4n) is 4.17. The topological polar surface area (TPSA) is 128 Å². The summed E-state index contributed by atoms with van der Waals surface area (Å²) in [6.45, 7) is 0. The predicted octanol–water partition coefficient (Wildman–Crippen LogP) is 4.56. The van der Waals surface area contributed by atoms with Crippen LogP contribution in [0.25, 0.3) is 28.1 Å². The van der Waals surface area contributed by atoms with Crippen LogP contribution in [0.3, 0.4) is 0 Å². The van der Waals surface area contributed by atoms with Crippen molar-refractivity contribution in [1.29, 1.82) is 0 Å². The third-order valence-corrected chi connectivity index (χ3v) is 6.46. The summed E-state index contributed by atoms with van der Waals surface area (Å²) in [5.41, 5.74) is 9.70. The maximum absolute atomic E-state index is 13.0. The number of alkyl halides is 3. The summed E-state index contributed by atoms with van der Waals surface area (Å²) in [6.07, 6.45) is -2.48. The number of carbonyl (C=O) groups excluding carboxylic acids is 2. The summed E-state index contributed by atoms with van der Waals surface area (Å²) in [5, 5.41) is 8.51. The lowest BCUT2D eigenvalue weighted by Crippen LogP contribution is -2.28. The Kier molecular flexibility index (Phi) is 8.96. The highest BCUT2D eigenvalue weighted by molar-refractivity contribution is 5.87. The van der Waals surface area contributed by atoms with Gasteiger partial charge in [0.2, 0.25) is 5.91 Å². The van der Waals surface area contributed by atoms with Crippen LogP contribution in [-0.4, -0.2) is 35.8 Å². The second-order valence-corrected chi connectivity index (χ2v) is 9.26. The minimum atomic E-state index is -4.40. The molecule has 0 fully saturated rings. The molecule has 0 saturated carbocycles. The molecule has 42 heavy (non-hydrogen) atoms. The van der Waals surface area contributed by atoms with Crippen molar-refractivity contribution < 1.29 is 27.5 Å². The van der Waals surface area contributed by atoms with Crippen LogP contribution in [0.2, 0.25) is 0 Å². The van der Waals surface area contributed by atoms with Gasteiger partial charge in [0.15, 0.2) is 0 Å². The van der Waals surface area contributed by atoms with E-state index in [1.54, 1.807) is 36.0 Å². The number of amides is 1. The Labute approximate surface area is 240 Å². The monoisotopic (exact) mass is 578 g/mol. The van der Waals surface area contributed by atoms with E-state index < -0.39 is 17.7 Å². The van der Waals surface area contributed by atoms with E-state index in [4.69, 9.17) is 16.7 Å². The number of nitrogens with one attached hydrogen (secondary N) is 1. The second-order valence-electron chi connectivity index (χ2n) is 9.26. The Morgan fingerprint density at radius 3 is 2.10 bits per heavy atom. The molecular weight excluding hydrogens is 549 g/mol. The summed E-state index contributed by atoms with van der Waals surface area (Å²) in [5.74, 6) is 5.20. The van der Waals surface area contributed by atoms with Gasteiger partial charge in [-0.05, 0) is 53.6 Å². The Morgan fingerprint density at radius 2 is 1.55 bits per heavy atom. The van der Waals surface area contributed by atoms with Crippen LogP contribution in [0.5, 0.6) is 0 Å². The van der Waals surface area contributed by atoms with Crippen LogP contribution >= 0.6 is 0 Å². The van der Waals surface area contributed by atoms with E-state index in [9.17, 15) is 22.8 Å². The molecule has 1 amide bonds. The fraction of sp³-hybridized carbons (Fsp3) is 0.167. The van der Waals surface area contributed by atoms with Crippen LogP contribution in [0.1, 0.15) is 17.7 Å². The van der Waals surface area contributed by atoms with E-state index >= 15 is 0 Å². The molecule has 0 aliphatic rings. The first-order valence-corrected chi connectivity index (χ1v) is 12.8. The Morgan fingerprint density at radius 1 is 0.976 bits per heavy atom. The number of anilines is 1. The molecule has 0 unspecified atom stereocenters. The number of hydrogen-bond donors (Lipinski definition) is 3. The van der Waals surface area contributed by atoms with Crippen molar-refractivity contribution in [3.63, 3.8) is 0 Å². The second kappa shape index (κ2) is 12.6. The van der Waals surface area contributed by atoms with Gasteiger partial charge in [0.05, 0.1) is 41.6 Å². The zero-order valence-corrected chi connectivity index (χ0v) is 22.9. The van der Waals surface area contributed by atoms with Crippen molar-refractivity contribution in [1.82, 2.24) is 15.1 Å². The molecule has 4 rings (SSSR count). The molecule has 0 spiro atoms. The van der Waals surface area contributed by atoms with Crippen LogP contribution in [0, 0.1) is 0 Å². The summed E-state index contributed by atoms with van der Waals surface area (Å²) in [7, 11) is 2.78. The highest BCUT2D eigenvalue weighted by Gasteiger charge is 2.30. The van der Waals surface area contributed by atoms with Crippen molar-refractivity contribution in [2.45, 2.75) is 19.0 Å². The first kappa shape index (κ1) is 29.9. The molecule has 1 aromatic heterocycles. The zero-order chi connectivity index (χ0) is 30.4.